The molecule has 4 aromatic rings. The van der Waals surface area contributed by atoms with Gasteiger partial charge in [0.25, 0.3) is 17.4 Å². The molecule has 0 saturated carbocycles. The van der Waals surface area contributed by atoms with Crippen molar-refractivity contribution in [3.8, 4) is 11.4 Å². The number of primary amides is 1. The minimum atomic E-state index is -2.07. The Bertz CT molecular complexity index is 3420. The number of fused-ring (bicyclic) bond motifs is 5. The number of nitrogens with one attached hydrogen (secondary N) is 7. The van der Waals surface area contributed by atoms with Gasteiger partial charge in [-0.15, -0.1) is 0 Å². The molecule has 27 heteroatoms. The highest BCUT2D eigenvalue weighted by atomic mass is 19.1. The van der Waals surface area contributed by atoms with Gasteiger partial charge < -0.3 is 62.1 Å². The normalized spacial score (nSPS) is 17.0. The lowest BCUT2D eigenvalue weighted by molar-refractivity contribution is -0.172. The first-order chi connectivity index (χ1) is 40.2. The zero-order chi connectivity index (χ0) is 60.4. The minimum absolute atomic E-state index is 0.0151. The Morgan fingerprint density at radius 1 is 0.821 bits per heavy atom. The Balaban J connectivity index is 0.796. The number of imide groups is 1. The fourth-order valence-corrected chi connectivity index (χ4v) is 10.6. The van der Waals surface area contributed by atoms with Gasteiger partial charge in [-0.2, -0.15) is 0 Å². The summed E-state index contributed by atoms with van der Waals surface area (Å²) in [6, 6.07) is 8.31. The largest absolute Gasteiger partial charge is 0.458 e. The van der Waals surface area contributed by atoms with E-state index in [0.717, 1.165) is 4.90 Å². The van der Waals surface area contributed by atoms with Crippen LogP contribution in [0.3, 0.4) is 0 Å². The van der Waals surface area contributed by atoms with E-state index in [4.69, 9.17) is 20.2 Å². The van der Waals surface area contributed by atoms with Crippen molar-refractivity contribution in [2.45, 2.75) is 115 Å². The highest BCUT2D eigenvalue weighted by Gasteiger charge is 2.46. The van der Waals surface area contributed by atoms with E-state index in [-0.39, 0.29) is 62.9 Å². The number of unbranched alkanes of at least 4 members (excludes halogenated alkanes) is 2. The molecular formula is C57H64FN11O15. The van der Waals surface area contributed by atoms with Gasteiger partial charge in [-0.3, -0.25) is 57.6 Å². The van der Waals surface area contributed by atoms with E-state index in [1.165, 1.54) is 22.8 Å². The number of benzene rings is 2. The molecule has 1 aliphatic carbocycles. The van der Waals surface area contributed by atoms with Crippen molar-refractivity contribution < 1.29 is 71.7 Å². The molecule has 4 aliphatic rings. The van der Waals surface area contributed by atoms with Crippen LogP contribution < -0.4 is 48.5 Å². The monoisotopic (exact) mass is 1160 g/mol. The predicted molar refractivity (Wildman–Crippen MR) is 293 cm³/mol. The lowest BCUT2D eigenvalue weighted by Crippen LogP contribution is -2.53. The molecule has 0 spiro atoms. The van der Waals surface area contributed by atoms with Crippen molar-refractivity contribution in [2.75, 3.05) is 39.5 Å². The maximum absolute atomic E-state index is 15.4. The smallest absolute Gasteiger partial charge is 0.343 e. The van der Waals surface area contributed by atoms with Gasteiger partial charge in [-0.05, 0) is 73.8 Å². The zero-order valence-electron chi connectivity index (χ0n) is 46.1. The van der Waals surface area contributed by atoms with Crippen LogP contribution in [-0.4, -0.2) is 136 Å². The fraction of sp³-hybridized carbons (Fsp3) is 0.421. The summed E-state index contributed by atoms with van der Waals surface area (Å²) < 4.78 is 27.6. The highest BCUT2D eigenvalue weighted by Crippen LogP contribution is 2.46. The van der Waals surface area contributed by atoms with E-state index in [1.54, 1.807) is 50.2 Å². The molecule has 0 fully saturated rings. The third-order valence-electron chi connectivity index (χ3n) is 15.1. The third-order valence-corrected chi connectivity index (χ3v) is 15.1. The van der Waals surface area contributed by atoms with Crippen LogP contribution in [0.15, 0.2) is 59.4 Å². The lowest BCUT2D eigenvalue weighted by atomic mass is 9.81. The number of pyridine rings is 2. The molecule has 2 aromatic carbocycles. The summed E-state index contributed by atoms with van der Waals surface area (Å²) in [7, 11) is 0. The number of nitrogens with zero attached hydrogens (tertiary/aromatic N) is 3. The molecule has 26 nitrogen and oxygen atoms in total. The maximum atomic E-state index is 15.4. The van der Waals surface area contributed by atoms with E-state index >= 15 is 4.39 Å². The van der Waals surface area contributed by atoms with Crippen LogP contribution in [0, 0.1) is 12.7 Å². The molecular weight excluding hydrogens is 1100 g/mol. The molecule has 3 aliphatic heterocycles. The van der Waals surface area contributed by atoms with Crippen molar-refractivity contribution in [3.05, 3.63) is 110 Å². The van der Waals surface area contributed by atoms with Crippen molar-refractivity contribution >= 4 is 75.9 Å². The molecule has 1 unspecified atom stereocenters. The summed E-state index contributed by atoms with van der Waals surface area (Å²) in [6.07, 6.45) is 3.85. The first-order valence-electron chi connectivity index (χ1n) is 27.4. The van der Waals surface area contributed by atoms with E-state index < -0.39 is 133 Å². The van der Waals surface area contributed by atoms with Gasteiger partial charge in [0.2, 0.25) is 47.3 Å². The summed E-state index contributed by atoms with van der Waals surface area (Å²) in [5, 5.41) is 29.6. The second-order valence-corrected chi connectivity index (χ2v) is 20.7. The zero-order valence-corrected chi connectivity index (χ0v) is 46.1. The Kier molecular flexibility index (Phi) is 19.4. The van der Waals surface area contributed by atoms with Gasteiger partial charge in [0, 0.05) is 60.5 Å². The molecule has 8 rings (SSSR count). The topological polar surface area (TPSA) is 375 Å². The van der Waals surface area contributed by atoms with Crippen LogP contribution in [-0.2, 0) is 93.8 Å². The van der Waals surface area contributed by atoms with Gasteiger partial charge in [-0.1, -0.05) is 43.7 Å². The number of cyclic esters (lactones) is 1. The summed E-state index contributed by atoms with van der Waals surface area (Å²) in [5.74, 6) is -7.93. The number of halogens is 1. The quantitative estimate of drug-likeness (QED) is 0.0132. The Labute approximate surface area is 479 Å². The van der Waals surface area contributed by atoms with Crippen LogP contribution in [0.2, 0.25) is 0 Å². The number of amides is 10. The Morgan fingerprint density at radius 2 is 1.50 bits per heavy atom. The highest BCUT2D eigenvalue weighted by molar-refractivity contribution is 6.12. The van der Waals surface area contributed by atoms with Crippen LogP contribution in [0.4, 0.5) is 4.39 Å². The lowest BCUT2D eigenvalue weighted by Gasteiger charge is -2.31. The van der Waals surface area contributed by atoms with Gasteiger partial charge in [-0.25, -0.2) is 14.2 Å². The molecule has 10 amide bonds. The number of nitrogens with two attached hydrogens (primary N) is 1. The second kappa shape index (κ2) is 26.8. The van der Waals surface area contributed by atoms with E-state index in [2.05, 4.69) is 37.2 Å². The molecule has 0 radical (unpaired) electrons. The number of aliphatic hydroxyl groups is 1. The third kappa shape index (κ3) is 14.0. The standard InChI is InChI=1S/C57H64FN11O15/c1-3-57(82)35-21-41-52-33(26-69(41)55(80)34(35)27-84-56(57)81)51-37(14-13-32-30(2)36(58)22-39(67-52)50(32)51)64-47(75)28-83-29-63-45(73)24-62-54(79)40(20-31-10-6-4-7-11-31)66-46(74)25-60-44(72)23-61-53(78)38(15-16-42(59)70)65-43(71)12-8-5-9-19-68-48(76)17-18-49(68)77/h4,6-7,10-11,17-18,21-22,37-38,40,82H,3,5,8-9,12-16,19-20,23-29H2,1-2H3,(H2,59,70)(H,60,72)(H,61,78)(H,62,79)(H,63,73)(H,64,75)(H,65,71)(H,66,74)/t37-,38?,40-,57-/m0/s1. The van der Waals surface area contributed by atoms with Crippen LogP contribution in [0.5, 0.6) is 0 Å². The van der Waals surface area contributed by atoms with Gasteiger partial charge in [0.1, 0.15) is 37.8 Å². The second-order valence-electron chi connectivity index (χ2n) is 20.7. The first-order valence-corrected chi connectivity index (χ1v) is 27.4. The molecule has 0 bridgehead atoms. The van der Waals surface area contributed by atoms with Gasteiger partial charge in [0.15, 0.2) is 5.60 Å². The number of aryl methyl sites for hydroxylation is 1. The fourth-order valence-electron chi connectivity index (χ4n) is 10.6. The molecule has 0 saturated heterocycles. The van der Waals surface area contributed by atoms with Crippen molar-refractivity contribution in [3.63, 3.8) is 0 Å². The number of carbonyl (C=O) groups excluding carboxylic acids is 11. The maximum Gasteiger partial charge on any atom is 0.343 e. The number of hydrogen-bond donors (Lipinski definition) is 9. The minimum Gasteiger partial charge on any atom is -0.458 e. The van der Waals surface area contributed by atoms with Gasteiger partial charge in [0.05, 0.1) is 54.7 Å². The van der Waals surface area contributed by atoms with E-state index in [0.29, 0.717) is 82.2 Å². The van der Waals surface area contributed by atoms with Crippen molar-refractivity contribution in [2.24, 2.45) is 5.73 Å². The Hall–Kier alpha value is -9.24. The molecule has 84 heavy (non-hydrogen) atoms. The van der Waals surface area contributed by atoms with E-state index in [1.807, 2.05) is 0 Å². The summed E-state index contributed by atoms with van der Waals surface area (Å²) >= 11 is 0. The predicted octanol–water partition coefficient (Wildman–Crippen LogP) is -0.967. The average molecular weight is 1160 g/mol. The Morgan fingerprint density at radius 3 is 2.20 bits per heavy atom. The van der Waals surface area contributed by atoms with Crippen LogP contribution >= 0.6 is 0 Å². The average Bonchev–Trinajstić information content (AvgIpc) is 1.50. The molecule has 5 heterocycles. The van der Waals surface area contributed by atoms with E-state index in [9.17, 15) is 62.6 Å². The number of hydrogen-bond acceptors (Lipinski definition) is 16. The van der Waals surface area contributed by atoms with Crippen LogP contribution in [0.25, 0.3) is 22.3 Å². The number of esters is 1. The molecule has 2 aromatic heterocycles. The summed E-state index contributed by atoms with van der Waals surface area (Å²) in [6.45, 7) is 0.316. The number of rotatable bonds is 27. The van der Waals surface area contributed by atoms with Crippen LogP contribution in [0.1, 0.15) is 103 Å². The van der Waals surface area contributed by atoms with Crippen molar-refractivity contribution in [1.29, 1.82) is 0 Å². The molecule has 444 valence electrons. The SMILES string of the molecule is CC[C@@]1(O)C(=O)OCc2c1cc1n(c2=O)Cc2c-1nc1cc(F)c(C)c3c1c2[C@@H](NC(=O)COCNC(=O)CNC(=O)[C@H](Cc1ccccc1)NC(=O)CNC(=O)CNC(=O)C(CCC(N)=O)NC(=O)CCCCCN1C(=O)C=CC1=O)CC3. The summed E-state index contributed by atoms with van der Waals surface area (Å²) in [5.41, 5.74) is 6.89. The number of aromatic nitrogens is 2. The molecule has 4 atom stereocenters. The molecule has 10 N–H and O–H groups in total. The van der Waals surface area contributed by atoms with Gasteiger partial charge >= 0.3 is 5.97 Å². The van der Waals surface area contributed by atoms with Crippen molar-refractivity contribution in [1.82, 2.24) is 51.7 Å². The summed E-state index contributed by atoms with van der Waals surface area (Å²) in [4.78, 5) is 159. The number of carbonyl (C=O) groups is 11. The first kappa shape index (κ1) is 60.8. The number of ether oxygens (including phenoxy) is 2.